The molecule has 0 aromatic carbocycles. The van der Waals surface area contributed by atoms with Crippen LogP contribution in [0.15, 0.2) is 12.1 Å². The van der Waals surface area contributed by atoms with Crippen LogP contribution in [0.25, 0.3) is 11.4 Å². The van der Waals surface area contributed by atoms with Gasteiger partial charge in [-0.1, -0.05) is 5.21 Å². The summed E-state index contributed by atoms with van der Waals surface area (Å²) in [4.78, 5) is 16.5. The van der Waals surface area contributed by atoms with Crippen LogP contribution in [-0.4, -0.2) is 38.2 Å². The van der Waals surface area contributed by atoms with Crippen LogP contribution < -0.4 is 10.5 Å². The van der Waals surface area contributed by atoms with Crippen molar-refractivity contribution >= 4 is 5.97 Å². The summed E-state index contributed by atoms with van der Waals surface area (Å²) >= 11 is 0. The molecule has 0 unspecified atom stereocenters. The van der Waals surface area contributed by atoms with Gasteiger partial charge in [0.25, 0.3) is 0 Å². The minimum atomic E-state index is -0.123. The first-order chi connectivity index (χ1) is 13.4. The molecule has 1 saturated carbocycles. The third-order valence-corrected chi connectivity index (χ3v) is 5.03. The predicted molar refractivity (Wildman–Crippen MR) is 104 cm³/mol. The van der Waals surface area contributed by atoms with Gasteiger partial charge in [-0.15, -0.1) is 5.10 Å². The van der Waals surface area contributed by atoms with E-state index in [0.717, 1.165) is 42.1 Å². The van der Waals surface area contributed by atoms with Gasteiger partial charge in [0, 0.05) is 20.0 Å². The maximum absolute atomic E-state index is 11.9. The largest absolute Gasteiger partial charge is 0.489 e. The first kappa shape index (κ1) is 20.3. The summed E-state index contributed by atoms with van der Waals surface area (Å²) < 4.78 is 13.1. The van der Waals surface area contributed by atoms with Crippen molar-refractivity contribution in [2.45, 2.75) is 65.2 Å². The standard InChI is InChI=1S/C20H29N5O3/c1-12(2)27-19(26)10-14-5-6-15(9-14)28-18-8-7-16(22-13(18)3)20-17(11-21)25(4)24-23-20/h7-8,12,14-15H,5-6,9-11,21H2,1-4H3/t14-,15-/m1/s1. The van der Waals surface area contributed by atoms with Gasteiger partial charge in [-0.25, -0.2) is 4.98 Å². The van der Waals surface area contributed by atoms with Crippen molar-refractivity contribution in [2.24, 2.45) is 18.7 Å². The van der Waals surface area contributed by atoms with Gasteiger partial charge in [-0.05, 0) is 58.1 Å². The van der Waals surface area contributed by atoms with Crippen LogP contribution in [0.4, 0.5) is 0 Å². The van der Waals surface area contributed by atoms with E-state index in [1.54, 1.807) is 4.68 Å². The van der Waals surface area contributed by atoms with Gasteiger partial charge < -0.3 is 15.2 Å². The normalized spacial score (nSPS) is 19.2. The monoisotopic (exact) mass is 387 g/mol. The lowest BCUT2D eigenvalue weighted by molar-refractivity contribution is -0.148. The van der Waals surface area contributed by atoms with Gasteiger partial charge in [0.05, 0.1) is 29.3 Å². The maximum atomic E-state index is 11.9. The molecule has 2 aromatic rings. The number of nitrogens with zero attached hydrogens (tertiary/aromatic N) is 4. The Hall–Kier alpha value is -2.48. The molecule has 3 rings (SSSR count). The smallest absolute Gasteiger partial charge is 0.306 e. The van der Waals surface area contributed by atoms with Gasteiger partial charge in [-0.3, -0.25) is 9.48 Å². The summed E-state index contributed by atoms with van der Waals surface area (Å²) in [5.41, 5.74) is 8.87. The minimum absolute atomic E-state index is 0.0673. The zero-order valence-electron chi connectivity index (χ0n) is 17.0. The molecule has 0 bridgehead atoms. The van der Waals surface area contributed by atoms with E-state index in [4.69, 9.17) is 15.2 Å². The molecule has 0 saturated heterocycles. The Morgan fingerprint density at radius 3 is 2.82 bits per heavy atom. The van der Waals surface area contributed by atoms with Crippen molar-refractivity contribution in [1.29, 1.82) is 0 Å². The van der Waals surface area contributed by atoms with Crippen LogP contribution in [0, 0.1) is 12.8 Å². The SMILES string of the molecule is Cc1nc(-c2nnn(C)c2CN)ccc1O[C@@H]1CC[C@@H](CC(=O)OC(C)C)C1. The number of nitrogens with two attached hydrogens (primary N) is 1. The molecule has 2 aromatic heterocycles. The van der Waals surface area contributed by atoms with E-state index in [1.807, 2.05) is 40.0 Å². The Bertz CT molecular complexity index is 833. The van der Waals surface area contributed by atoms with E-state index in [0.29, 0.717) is 24.6 Å². The van der Waals surface area contributed by atoms with Crippen molar-refractivity contribution in [2.75, 3.05) is 0 Å². The lowest BCUT2D eigenvalue weighted by atomic mass is 10.0. The Balaban J connectivity index is 1.62. The first-order valence-corrected chi connectivity index (χ1v) is 9.80. The number of aryl methyl sites for hydroxylation is 2. The average molecular weight is 387 g/mol. The molecule has 1 fully saturated rings. The van der Waals surface area contributed by atoms with Crippen LogP contribution in [0.1, 0.15) is 50.9 Å². The van der Waals surface area contributed by atoms with E-state index < -0.39 is 0 Å². The molecule has 152 valence electrons. The molecule has 1 aliphatic rings. The van der Waals surface area contributed by atoms with Gasteiger partial charge in [0.2, 0.25) is 0 Å². The molecular formula is C20H29N5O3. The molecule has 8 nitrogen and oxygen atoms in total. The summed E-state index contributed by atoms with van der Waals surface area (Å²) in [6.45, 7) is 6.01. The highest BCUT2D eigenvalue weighted by Gasteiger charge is 2.29. The third-order valence-electron chi connectivity index (χ3n) is 5.03. The number of rotatable bonds is 7. The van der Waals surface area contributed by atoms with Gasteiger partial charge in [-0.2, -0.15) is 0 Å². The van der Waals surface area contributed by atoms with Crippen LogP contribution in [0.2, 0.25) is 0 Å². The van der Waals surface area contributed by atoms with E-state index in [1.165, 1.54) is 0 Å². The molecular weight excluding hydrogens is 358 g/mol. The summed E-state index contributed by atoms with van der Waals surface area (Å²) in [7, 11) is 1.82. The molecule has 2 atom stereocenters. The Labute approximate surface area is 165 Å². The molecule has 2 heterocycles. The van der Waals surface area contributed by atoms with Gasteiger partial charge >= 0.3 is 5.97 Å². The molecule has 0 amide bonds. The lowest BCUT2D eigenvalue weighted by Gasteiger charge is -2.16. The van der Waals surface area contributed by atoms with Crippen molar-refractivity contribution in [1.82, 2.24) is 20.0 Å². The van der Waals surface area contributed by atoms with E-state index in [2.05, 4.69) is 15.3 Å². The van der Waals surface area contributed by atoms with Crippen LogP contribution in [-0.2, 0) is 23.1 Å². The van der Waals surface area contributed by atoms with E-state index in [9.17, 15) is 4.79 Å². The highest BCUT2D eigenvalue weighted by Crippen LogP contribution is 2.33. The molecule has 2 N–H and O–H groups in total. The Morgan fingerprint density at radius 1 is 1.36 bits per heavy atom. The predicted octanol–water partition coefficient (Wildman–Crippen LogP) is 2.53. The number of hydrogen-bond acceptors (Lipinski definition) is 7. The number of aromatic nitrogens is 4. The van der Waals surface area contributed by atoms with Crippen LogP contribution in [0.3, 0.4) is 0 Å². The van der Waals surface area contributed by atoms with Gasteiger partial charge in [0.1, 0.15) is 11.4 Å². The molecule has 0 aliphatic heterocycles. The molecule has 0 spiro atoms. The summed E-state index contributed by atoms with van der Waals surface area (Å²) in [5.74, 6) is 0.954. The second-order valence-electron chi connectivity index (χ2n) is 7.65. The van der Waals surface area contributed by atoms with E-state index in [-0.39, 0.29) is 18.2 Å². The average Bonchev–Trinajstić information content (AvgIpc) is 3.22. The number of pyridine rings is 1. The zero-order chi connectivity index (χ0) is 20.3. The van der Waals surface area contributed by atoms with Crippen molar-refractivity contribution in [3.63, 3.8) is 0 Å². The topological polar surface area (TPSA) is 105 Å². The molecule has 1 aliphatic carbocycles. The summed E-state index contributed by atoms with van der Waals surface area (Å²) in [6.07, 6.45) is 3.25. The quantitative estimate of drug-likeness (QED) is 0.728. The highest BCUT2D eigenvalue weighted by atomic mass is 16.5. The number of esters is 1. The molecule has 0 radical (unpaired) electrons. The Kier molecular flexibility index (Phi) is 6.28. The second-order valence-corrected chi connectivity index (χ2v) is 7.65. The fraction of sp³-hybridized carbons (Fsp3) is 0.600. The third kappa shape index (κ3) is 4.67. The molecule has 8 heteroatoms. The van der Waals surface area contributed by atoms with Crippen molar-refractivity contribution in [3.05, 3.63) is 23.5 Å². The number of carbonyl (C=O) groups excluding carboxylic acids is 1. The van der Waals surface area contributed by atoms with E-state index >= 15 is 0 Å². The maximum Gasteiger partial charge on any atom is 0.306 e. The van der Waals surface area contributed by atoms with Crippen LogP contribution in [0.5, 0.6) is 5.75 Å². The highest BCUT2D eigenvalue weighted by molar-refractivity contribution is 5.69. The van der Waals surface area contributed by atoms with Crippen molar-refractivity contribution in [3.8, 4) is 17.1 Å². The number of ether oxygens (including phenoxy) is 2. The second kappa shape index (κ2) is 8.68. The fourth-order valence-electron chi connectivity index (χ4n) is 3.66. The minimum Gasteiger partial charge on any atom is -0.489 e. The molecule has 28 heavy (non-hydrogen) atoms. The van der Waals surface area contributed by atoms with Crippen LogP contribution >= 0.6 is 0 Å². The summed E-state index contributed by atoms with van der Waals surface area (Å²) in [5, 5.41) is 8.20. The van der Waals surface area contributed by atoms with Gasteiger partial charge in [0.15, 0.2) is 0 Å². The zero-order valence-corrected chi connectivity index (χ0v) is 17.0. The number of carbonyl (C=O) groups is 1. The lowest BCUT2D eigenvalue weighted by Crippen LogP contribution is -2.16. The van der Waals surface area contributed by atoms with Crippen molar-refractivity contribution < 1.29 is 14.3 Å². The number of hydrogen-bond donors (Lipinski definition) is 1. The fourth-order valence-corrected chi connectivity index (χ4v) is 3.66. The first-order valence-electron chi connectivity index (χ1n) is 9.80. The summed E-state index contributed by atoms with van der Waals surface area (Å²) in [6, 6.07) is 3.81. The Morgan fingerprint density at radius 2 is 2.14 bits per heavy atom.